The van der Waals surface area contributed by atoms with Gasteiger partial charge in [0, 0.05) is 41.7 Å². The van der Waals surface area contributed by atoms with Gasteiger partial charge in [0.05, 0.1) is 17.2 Å². The number of hydrogen-bond donors (Lipinski definition) is 1. The van der Waals surface area contributed by atoms with Crippen LogP contribution in [0.15, 0.2) is 52.3 Å². The highest BCUT2D eigenvalue weighted by atomic mass is 35.5. The first-order chi connectivity index (χ1) is 16.4. The van der Waals surface area contributed by atoms with Crippen LogP contribution in [0.3, 0.4) is 0 Å². The molecule has 3 amide bonds. The second-order valence-electron chi connectivity index (χ2n) is 8.11. The van der Waals surface area contributed by atoms with Gasteiger partial charge in [-0.2, -0.15) is 0 Å². The van der Waals surface area contributed by atoms with Crippen LogP contribution in [-0.2, 0) is 9.53 Å². The standard InChI is InChI=1S/C25H26ClN3O4S/c1-3-33-25(32)29-12-10-18(11-13-29)27-23(30)17-8-9-21-20(14-17)28(2)24(31)22(34-21)15-16-6-4-5-7-19(16)26/h4-9,14-15,18H,3,10-13H2,1-2H3,(H,27,30)/b22-15-. The molecular weight excluding hydrogens is 474 g/mol. The fraction of sp³-hybridized carbons (Fsp3) is 0.320. The lowest BCUT2D eigenvalue weighted by Gasteiger charge is -2.32. The molecule has 2 aromatic rings. The molecule has 1 N–H and O–H groups in total. The van der Waals surface area contributed by atoms with Crippen molar-refractivity contribution in [3.63, 3.8) is 0 Å². The first-order valence-electron chi connectivity index (χ1n) is 11.2. The van der Waals surface area contributed by atoms with Crippen LogP contribution in [0.2, 0.25) is 5.02 Å². The molecule has 0 unspecified atom stereocenters. The molecule has 178 valence electrons. The fourth-order valence-corrected chi connectivity index (χ4v) is 5.23. The van der Waals surface area contributed by atoms with Crippen molar-refractivity contribution in [3.8, 4) is 0 Å². The molecule has 34 heavy (non-hydrogen) atoms. The van der Waals surface area contributed by atoms with Gasteiger partial charge in [-0.05, 0) is 55.7 Å². The molecule has 0 saturated carbocycles. The second-order valence-corrected chi connectivity index (χ2v) is 9.60. The molecule has 1 fully saturated rings. The zero-order valence-electron chi connectivity index (χ0n) is 19.0. The quantitative estimate of drug-likeness (QED) is 0.611. The van der Waals surface area contributed by atoms with Gasteiger partial charge in [0.15, 0.2) is 0 Å². The summed E-state index contributed by atoms with van der Waals surface area (Å²) in [5.74, 6) is -0.345. The lowest BCUT2D eigenvalue weighted by atomic mass is 10.0. The number of rotatable bonds is 4. The van der Waals surface area contributed by atoms with Crippen LogP contribution in [0.1, 0.15) is 35.7 Å². The third-order valence-electron chi connectivity index (χ3n) is 5.87. The summed E-state index contributed by atoms with van der Waals surface area (Å²) in [6.07, 6.45) is 2.81. The van der Waals surface area contributed by atoms with E-state index in [9.17, 15) is 14.4 Å². The highest BCUT2D eigenvalue weighted by Crippen LogP contribution is 2.42. The molecule has 7 nitrogen and oxygen atoms in total. The summed E-state index contributed by atoms with van der Waals surface area (Å²) in [6.45, 7) is 3.22. The van der Waals surface area contributed by atoms with Crippen LogP contribution in [-0.4, -0.2) is 55.6 Å². The van der Waals surface area contributed by atoms with Gasteiger partial charge < -0.3 is 19.9 Å². The predicted molar refractivity (Wildman–Crippen MR) is 134 cm³/mol. The van der Waals surface area contributed by atoms with Crippen molar-refractivity contribution in [1.82, 2.24) is 10.2 Å². The maximum absolute atomic E-state index is 13.0. The Labute approximate surface area is 208 Å². The Kier molecular flexibility index (Phi) is 7.48. The van der Waals surface area contributed by atoms with Crippen molar-refractivity contribution >= 4 is 53.0 Å². The maximum atomic E-state index is 13.0. The predicted octanol–water partition coefficient (Wildman–Crippen LogP) is 4.80. The Bertz CT molecular complexity index is 1140. The zero-order valence-corrected chi connectivity index (χ0v) is 20.6. The first-order valence-corrected chi connectivity index (χ1v) is 12.4. The van der Waals surface area contributed by atoms with Gasteiger partial charge in [0.1, 0.15) is 0 Å². The Morgan fingerprint density at radius 3 is 2.65 bits per heavy atom. The van der Waals surface area contributed by atoms with E-state index in [0.717, 1.165) is 10.5 Å². The number of ether oxygens (including phenoxy) is 1. The summed E-state index contributed by atoms with van der Waals surface area (Å²) < 4.78 is 5.04. The van der Waals surface area contributed by atoms with Crippen molar-refractivity contribution < 1.29 is 19.1 Å². The average Bonchev–Trinajstić information content (AvgIpc) is 2.84. The van der Waals surface area contributed by atoms with Crippen molar-refractivity contribution in [2.24, 2.45) is 0 Å². The second kappa shape index (κ2) is 10.5. The molecule has 2 heterocycles. The van der Waals surface area contributed by atoms with E-state index in [0.29, 0.717) is 53.7 Å². The molecule has 0 spiro atoms. The van der Waals surface area contributed by atoms with Crippen molar-refractivity contribution in [2.45, 2.75) is 30.7 Å². The number of carbonyl (C=O) groups is 3. The van der Waals surface area contributed by atoms with Gasteiger partial charge in [0.25, 0.3) is 11.8 Å². The Morgan fingerprint density at radius 2 is 1.94 bits per heavy atom. The van der Waals surface area contributed by atoms with Crippen LogP contribution < -0.4 is 10.2 Å². The number of carbonyl (C=O) groups excluding carboxylic acids is 3. The van der Waals surface area contributed by atoms with Crippen molar-refractivity contribution in [2.75, 3.05) is 31.6 Å². The van der Waals surface area contributed by atoms with Gasteiger partial charge >= 0.3 is 6.09 Å². The smallest absolute Gasteiger partial charge is 0.409 e. The lowest BCUT2D eigenvalue weighted by molar-refractivity contribution is -0.114. The molecule has 4 rings (SSSR count). The van der Waals surface area contributed by atoms with Gasteiger partial charge in [-0.15, -0.1) is 0 Å². The zero-order chi connectivity index (χ0) is 24.2. The topological polar surface area (TPSA) is 79.0 Å². The van der Waals surface area contributed by atoms with E-state index in [2.05, 4.69) is 5.32 Å². The number of fused-ring (bicyclic) bond motifs is 1. The summed E-state index contributed by atoms with van der Waals surface area (Å²) in [5, 5.41) is 3.63. The van der Waals surface area contributed by atoms with Crippen LogP contribution in [0.5, 0.6) is 0 Å². The first kappa shape index (κ1) is 24.2. The Hall–Kier alpha value is -2.97. The number of piperidine rings is 1. The monoisotopic (exact) mass is 499 g/mol. The fourth-order valence-electron chi connectivity index (χ4n) is 3.96. The number of anilines is 1. The minimum atomic E-state index is -0.310. The van der Waals surface area contributed by atoms with Gasteiger partial charge in [-0.25, -0.2) is 4.79 Å². The van der Waals surface area contributed by atoms with Crippen LogP contribution >= 0.6 is 23.4 Å². The van der Waals surface area contributed by atoms with Gasteiger partial charge in [0.2, 0.25) is 0 Å². The van der Waals surface area contributed by atoms with Gasteiger partial charge in [-0.1, -0.05) is 41.6 Å². The minimum Gasteiger partial charge on any atom is -0.450 e. The lowest BCUT2D eigenvalue weighted by Crippen LogP contribution is -2.46. The normalized spacial score (nSPS) is 17.5. The highest BCUT2D eigenvalue weighted by molar-refractivity contribution is 8.04. The van der Waals surface area contributed by atoms with Crippen LogP contribution in [0, 0.1) is 0 Å². The summed E-state index contributed by atoms with van der Waals surface area (Å²) >= 11 is 7.62. The molecule has 2 aromatic carbocycles. The molecule has 0 aromatic heterocycles. The number of hydrogen-bond acceptors (Lipinski definition) is 5. The number of halogens is 1. The molecule has 9 heteroatoms. The minimum absolute atomic E-state index is 0.0203. The molecular formula is C25H26ClN3O4S. The third kappa shape index (κ3) is 5.23. The largest absolute Gasteiger partial charge is 0.450 e. The molecule has 1 saturated heterocycles. The van der Waals surface area contributed by atoms with E-state index in [1.165, 1.54) is 11.8 Å². The van der Waals surface area contributed by atoms with E-state index >= 15 is 0 Å². The van der Waals surface area contributed by atoms with E-state index in [-0.39, 0.29) is 23.9 Å². The molecule has 0 aliphatic carbocycles. The number of likely N-dealkylation sites (N-methyl/N-ethyl adjacent to an activating group) is 1. The molecule has 2 aliphatic rings. The molecule has 0 radical (unpaired) electrons. The molecule has 0 bridgehead atoms. The third-order valence-corrected chi connectivity index (χ3v) is 7.29. The van der Waals surface area contributed by atoms with E-state index in [4.69, 9.17) is 16.3 Å². The summed E-state index contributed by atoms with van der Waals surface area (Å²) in [4.78, 5) is 42.4. The Balaban J connectivity index is 1.44. The van der Waals surface area contributed by atoms with Crippen molar-refractivity contribution in [3.05, 3.63) is 63.5 Å². The summed E-state index contributed by atoms with van der Waals surface area (Å²) in [7, 11) is 1.70. The van der Waals surface area contributed by atoms with Gasteiger partial charge in [-0.3, -0.25) is 9.59 Å². The van der Waals surface area contributed by atoms with Crippen LogP contribution in [0.25, 0.3) is 6.08 Å². The molecule has 0 atom stereocenters. The average molecular weight is 500 g/mol. The summed E-state index contributed by atoms with van der Waals surface area (Å²) in [6, 6.07) is 12.7. The number of amides is 3. The Morgan fingerprint density at radius 1 is 1.21 bits per heavy atom. The van der Waals surface area contributed by atoms with Crippen molar-refractivity contribution in [1.29, 1.82) is 0 Å². The molecule has 2 aliphatic heterocycles. The van der Waals surface area contributed by atoms with E-state index in [1.807, 2.05) is 24.3 Å². The van der Waals surface area contributed by atoms with Crippen LogP contribution in [0.4, 0.5) is 10.5 Å². The number of thioether (sulfide) groups is 1. The SMILES string of the molecule is CCOC(=O)N1CCC(NC(=O)c2ccc3c(c2)N(C)C(=O)/C(=C/c2ccccc2Cl)S3)CC1. The number of likely N-dealkylation sites (tertiary alicyclic amines) is 1. The van der Waals surface area contributed by atoms with E-state index < -0.39 is 0 Å². The summed E-state index contributed by atoms with van der Waals surface area (Å²) in [5.41, 5.74) is 1.96. The number of benzene rings is 2. The number of nitrogens with zero attached hydrogens (tertiary/aromatic N) is 2. The van der Waals surface area contributed by atoms with E-state index in [1.54, 1.807) is 48.0 Å². The number of nitrogens with one attached hydrogen (secondary N) is 1. The maximum Gasteiger partial charge on any atom is 0.409 e. The highest BCUT2D eigenvalue weighted by Gasteiger charge is 2.29.